The van der Waals surface area contributed by atoms with Gasteiger partial charge in [-0.15, -0.1) is 11.3 Å². The van der Waals surface area contributed by atoms with Gasteiger partial charge in [-0.05, 0) is 64.9 Å². The first-order valence-electron chi connectivity index (χ1n) is 8.82. The van der Waals surface area contributed by atoms with E-state index < -0.39 is 0 Å². The molecule has 0 aliphatic carbocycles. The molecule has 0 atom stereocenters. The third kappa shape index (κ3) is 4.31. The van der Waals surface area contributed by atoms with Crippen molar-refractivity contribution < 1.29 is 9.53 Å². The number of methoxy groups -OCH3 is 1. The molecule has 0 radical (unpaired) electrons. The maximum Gasteiger partial charge on any atom is 0.266 e. The van der Waals surface area contributed by atoms with Crippen molar-refractivity contribution >= 4 is 51.6 Å². The van der Waals surface area contributed by atoms with Gasteiger partial charge in [-0.1, -0.05) is 29.8 Å². The highest BCUT2D eigenvalue weighted by molar-refractivity contribution is 7.07. The lowest BCUT2D eigenvalue weighted by atomic mass is 10.1. The van der Waals surface area contributed by atoms with Crippen molar-refractivity contribution in [2.24, 2.45) is 0 Å². The molecule has 144 valence electrons. The Morgan fingerprint density at radius 2 is 1.76 bits per heavy atom. The normalized spacial score (nSPS) is 12.5. The number of fused-ring (bicyclic) bond motifs is 1. The Labute approximate surface area is 175 Å². The van der Waals surface area contributed by atoms with E-state index in [1.807, 2.05) is 42.5 Å². The number of nitrogens with one attached hydrogen (secondary N) is 1. The predicted molar refractivity (Wildman–Crippen MR) is 119 cm³/mol. The van der Waals surface area contributed by atoms with Crippen LogP contribution in [0.25, 0.3) is 22.9 Å². The zero-order valence-corrected chi connectivity index (χ0v) is 17.0. The van der Waals surface area contributed by atoms with Crippen LogP contribution in [-0.2, 0) is 0 Å². The minimum Gasteiger partial charge on any atom is -0.497 e. The van der Waals surface area contributed by atoms with E-state index in [4.69, 9.17) is 16.3 Å². The Morgan fingerprint density at radius 1 is 1.03 bits per heavy atom. The van der Waals surface area contributed by atoms with Crippen LogP contribution < -0.4 is 19.5 Å². The lowest BCUT2D eigenvalue weighted by Crippen LogP contribution is -2.20. The molecule has 0 saturated carbocycles. The van der Waals surface area contributed by atoms with Gasteiger partial charge in [0.2, 0.25) is 0 Å². The molecule has 4 aromatic rings. The van der Waals surface area contributed by atoms with E-state index in [-0.39, 0.29) is 11.3 Å². The van der Waals surface area contributed by atoms with Gasteiger partial charge in [0.25, 0.3) is 5.56 Å². The summed E-state index contributed by atoms with van der Waals surface area (Å²) in [7, 11) is 1.64. The molecule has 1 N–H and O–H groups in total. The van der Waals surface area contributed by atoms with Crippen LogP contribution in [0.5, 0.6) is 5.75 Å². The average molecular weight is 422 g/mol. The molecule has 29 heavy (non-hydrogen) atoms. The fraction of sp³-hybridized carbons (Fsp3) is 0.0435. The number of ether oxygens (including phenoxy) is 1. The van der Waals surface area contributed by atoms with Gasteiger partial charge in [-0.3, -0.25) is 9.59 Å². The fourth-order valence-electron chi connectivity index (χ4n) is 2.95. The van der Waals surface area contributed by atoms with Crippen LogP contribution >= 0.6 is 22.9 Å². The maximum atomic E-state index is 12.4. The van der Waals surface area contributed by atoms with Crippen molar-refractivity contribution in [1.82, 2.24) is 4.98 Å². The topological polar surface area (TPSA) is 59.2 Å². The monoisotopic (exact) mass is 421 g/mol. The highest BCUT2D eigenvalue weighted by atomic mass is 35.5. The number of halogens is 1. The van der Waals surface area contributed by atoms with Gasteiger partial charge in [-0.25, -0.2) is 0 Å². The molecule has 0 spiro atoms. The van der Waals surface area contributed by atoms with E-state index in [1.54, 1.807) is 31.4 Å². The van der Waals surface area contributed by atoms with E-state index in [0.29, 0.717) is 19.8 Å². The summed E-state index contributed by atoms with van der Waals surface area (Å²) in [6.45, 7) is 0. The summed E-state index contributed by atoms with van der Waals surface area (Å²) in [6, 6.07) is 18.4. The first-order valence-corrected chi connectivity index (χ1v) is 10.0. The van der Waals surface area contributed by atoms with E-state index in [1.165, 1.54) is 17.4 Å². The van der Waals surface area contributed by atoms with Gasteiger partial charge >= 0.3 is 0 Å². The van der Waals surface area contributed by atoms with Crippen molar-refractivity contribution in [3.8, 4) is 5.75 Å². The molecule has 4 rings (SSSR count). The molecule has 6 heteroatoms. The molecule has 4 nitrogen and oxygen atoms in total. The molecule has 0 fully saturated rings. The first kappa shape index (κ1) is 19.2. The lowest BCUT2D eigenvalue weighted by Gasteiger charge is -2.03. The molecule has 0 amide bonds. The van der Waals surface area contributed by atoms with Crippen LogP contribution in [0.2, 0.25) is 5.02 Å². The van der Waals surface area contributed by atoms with E-state index in [0.717, 1.165) is 22.1 Å². The zero-order valence-electron chi connectivity index (χ0n) is 15.4. The second-order valence-corrected chi connectivity index (χ2v) is 7.94. The van der Waals surface area contributed by atoms with Gasteiger partial charge in [0.05, 0.1) is 16.3 Å². The molecular formula is C23H16ClNO3S. The molecule has 1 heterocycles. The van der Waals surface area contributed by atoms with Crippen LogP contribution in [0.15, 0.2) is 65.5 Å². The Morgan fingerprint density at radius 3 is 2.52 bits per heavy atom. The van der Waals surface area contributed by atoms with Crippen molar-refractivity contribution in [1.29, 1.82) is 0 Å². The SMILES string of the molecule is COc1ccc2cc(/C=c3\s/c(=C\C(=O)c4ccc(Cl)cc4)[nH]c3=O)ccc2c1. The second-order valence-electron chi connectivity index (χ2n) is 6.42. The Kier molecular flexibility index (Phi) is 5.34. The Bertz CT molecular complexity index is 1380. The van der Waals surface area contributed by atoms with Crippen molar-refractivity contribution in [3.63, 3.8) is 0 Å². The van der Waals surface area contributed by atoms with Crippen molar-refractivity contribution in [2.45, 2.75) is 0 Å². The van der Waals surface area contributed by atoms with Crippen LogP contribution in [0.3, 0.4) is 0 Å². The number of carbonyl (C=O) groups excluding carboxylic acids is 1. The smallest absolute Gasteiger partial charge is 0.266 e. The number of hydrogen-bond acceptors (Lipinski definition) is 4. The van der Waals surface area contributed by atoms with Gasteiger partial charge in [0.1, 0.15) is 5.75 Å². The molecule has 0 aliphatic heterocycles. The number of aromatic nitrogens is 1. The third-order valence-corrected chi connectivity index (χ3v) is 5.66. The standard InChI is InChI=1S/C23H16ClNO3S/c1-28-19-9-6-16-10-14(2-3-17(16)12-19)11-21-23(27)25-22(29-21)13-20(26)15-4-7-18(24)8-5-15/h2-13H,1H3,(H,25,27)/b21-11-,22-13-. The average Bonchev–Trinajstić information content (AvgIpc) is 3.06. The summed E-state index contributed by atoms with van der Waals surface area (Å²) >= 11 is 7.10. The number of benzene rings is 3. The fourth-order valence-corrected chi connectivity index (χ4v) is 3.96. The summed E-state index contributed by atoms with van der Waals surface area (Å²) in [5.74, 6) is 0.611. The number of thiazole rings is 1. The number of rotatable bonds is 4. The van der Waals surface area contributed by atoms with Gasteiger partial charge < -0.3 is 9.72 Å². The van der Waals surface area contributed by atoms with Crippen molar-refractivity contribution in [2.75, 3.05) is 7.11 Å². The first-order chi connectivity index (χ1) is 14.0. The quantitative estimate of drug-likeness (QED) is 0.510. The third-order valence-electron chi connectivity index (χ3n) is 4.44. The summed E-state index contributed by atoms with van der Waals surface area (Å²) in [6.07, 6.45) is 3.25. The predicted octanol–water partition coefficient (Wildman–Crippen LogP) is 3.74. The molecule has 3 aromatic carbocycles. The second kappa shape index (κ2) is 8.07. The molecule has 0 saturated heterocycles. The Balaban J connectivity index is 1.69. The molecule has 0 aliphatic rings. The van der Waals surface area contributed by atoms with Gasteiger partial charge in [0.15, 0.2) is 5.78 Å². The van der Waals surface area contributed by atoms with Gasteiger partial charge in [-0.2, -0.15) is 0 Å². The van der Waals surface area contributed by atoms with Gasteiger partial charge in [0, 0.05) is 16.7 Å². The summed E-state index contributed by atoms with van der Waals surface area (Å²) in [4.78, 5) is 27.4. The number of ketones is 1. The highest BCUT2D eigenvalue weighted by Gasteiger charge is 2.04. The van der Waals surface area contributed by atoms with Crippen LogP contribution in [0, 0.1) is 0 Å². The largest absolute Gasteiger partial charge is 0.497 e. The maximum absolute atomic E-state index is 12.4. The molecule has 1 aromatic heterocycles. The van der Waals surface area contributed by atoms with E-state index in [2.05, 4.69) is 4.98 Å². The minimum absolute atomic E-state index is 0.189. The van der Waals surface area contributed by atoms with Crippen molar-refractivity contribution in [3.05, 3.63) is 96.4 Å². The van der Waals surface area contributed by atoms with Crippen LogP contribution in [0.1, 0.15) is 15.9 Å². The molecular weight excluding hydrogens is 406 g/mol. The number of Topliss-reactive ketones (excluding diaryl/α,β-unsaturated/α-hetero) is 1. The number of aromatic amines is 1. The lowest BCUT2D eigenvalue weighted by molar-refractivity contribution is 0.106. The van der Waals surface area contributed by atoms with Crippen LogP contribution in [0.4, 0.5) is 0 Å². The molecule has 0 bridgehead atoms. The molecule has 0 unspecified atom stereocenters. The number of hydrogen-bond donors (Lipinski definition) is 1. The number of H-pyrrole nitrogens is 1. The zero-order chi connectivity index (χ0) is 20.4. The summed E-state index contributed by atoms with van der Waals surface area (Å²) in [5.41, 5.74) is 1.20. The van der Waals surface area contributed by atoms with E-state index >= 15 is 0 Å². The number of carbonyl (C=O) groups is 1. The minimum atomic E-state index is -0.222. The highest BCUT2D eigenvalue weighted by Crippen LogP contribution is 2.22. The van der Waals surface area contributed by atoms with E-state index in [9.17, 15) is 9.59 Å². The summed E-state index contributed by atoms with van der Waals surface area (Å²) in [5, 5.41) is 2.68. The Hall–Kier alpha value is -3.15. The van der Waals surface area contributed by atoms with Crippen LogP contribution in [-0.4, -0.2) is 17.9 Å². The summed E-state index contributed by atoms with van der Waals surface area (Å²) < 4.78 is 6.29.